The van der Waals surface area contributed by atoms with Gasteiger partial charge in [0.1, 0.15) is 0 Å². The fourth-order valence-electron chi connectivity index (χ4n) is 4.45. The van der Waals surface area contributed by atoms with E-state index in [9.17, 15) is 9.59 Å². The summed E-state index contributed by atoms with van der Waals surface area (Å²) in [6.45, 7) is 4.76. The van der Waals surface area contributed by atoms with E-state index in [1.54, 1.807) is 0 Å². The van der Waals surface area contributed by atoms with Gasteiger partial charge in [-0.25, -0.2) is 0 Å². The monoisotopic (exact) mass is 380 g/mol. The fourth-order valence-corrected chi connectivity index (χ4v) is 4.45. The van der Waals surface area contributed by atoms with E-state index in [0.717, 1.165) is 44.4 Å². The Bertz CT molecular complexity index is 916. The molecule has 0 unspecified atom stereocenters. The Kier molecular flexibility index (Phi) is 5.22. The molecule has 0 bridgehead atoms. The quantitative estimate of drug-likeness (QED) is 0.854. The van der Waals surface area contributed by atoms with Gasteiger partial charge in [0.2, 0.25) is 11.8 Å². The third-order valence-corrected chi connectivity index (χ3v) is 6.22. The molecule has 0 radical (unpaired) electrons. The number of aromatic amines is 1. The lowest BCUT2D eigenvalue weighted by atomic mass is 9.96. The van der Waals surface area contributed by atoms with E-state index in [4.69, 9.17) is 5.73 Å². The number of amides is 2. The summed E-state index contributed by atoms with van der Waals surface area (Å²) in [5.74, 6) is -0.399. The van der Waals surface area contributed by atoms with Crippen molar-refractivity contribution < 1.29 is 9.59 Å². The van der Waals surface area contributed by atoms with Crippen LogP contribution in [-0.4, -0.2) is 58.8 Å². The van der Waals surface area contributed by atoms with E-state index >= 15 is 0 Å². The second-order valence-corrected chi connectivity index (χ2v) is 7.92. The lowest BCUT2D eigenvalue weighted by Crippen LogP contribution is -2.52. The molecule has 28 heavy (non-hydrogen) atoms. The summed E-state index contributed by atoms with van der Waals surface area (Å²) in [6.07, 6.45) is 6.87. The number of primary amides is 1. The number of hydrogen-bond acceptors (Lipinski definition) is 3. The van der Waals surface area contributed by atoms with Crippen molar-refractivity contribution in [3.63, 3.8) is 0 Å². The molecule has 2 amide bonds. The van der Waals surface area contributed by atoms with E-state index in [1.807, 2.05) is 17.9 Å². The van der Waals surface area contributed by atoms with Crippen molar-refractivity contribution in [2.45, 2.75) is 32.2 Å². The number of fused-ring (bicyclic) bond motifs is 1. The van der Waals surface area contributed by atoms with Crippen molar-refractivity contribution in [3.8, 4) is 0 Å². The Morgan fingerprint density at radius 1 is 1.25 bits per heavy atom. The standard InChI is InChI=1S/C22H28N4O2/c1-15(22(28)26-10-4-5-17(14-26)21(23)27)25-11-8-16(9-12-25)19-13-24-20-7-3-2-6-18(19)20/h2-3,6-8,13,15,17,24H,4-5,9-12,14H2,1H3,(H2,23,27)/t15-,17-/m1/s1. The molecule has 1 aromatic carbocycles. The van der Waals surface area contributed by atoms with Crippen LogP contribution >= 0.6 is 0 Å². The van der Waals surface area contributed by atoms with E-state index in [2.05, 4.69) is 40.4 Å². The number of aromatic nitrogens is 1. The van der Waals surface area contributed by atoms with Crippen LogP contribution in [0.1, 0.15) is 31.7 Å². The number of H-pyrrole nitrogens is 1. The highest BCUT2D eigenvalue weighted by molar-refractivity contribution is 5.92. The molecule has 148 valence electrons. The zero-order valence-electron chi connectivity index (χ0n) is 16.4. The van der Waals surface area contributed by atoms with Crippen molar-refractivity contribution in [2.24, 2.45) is 11.7 Å². The zero-order chi connectivity index (χ0) is 19.7. The summed E-state index contributed by atoms with van der Waals surface area (Å²) in [5.41, 5.74) is 9.20. The van der Waals surface area contributed by atoms with E-state index in [1.165, 1.54) is 16.5 Å². The molecular formula is C22H28N4O2. The van der Waals surface area contributed by atoms with E-state index in [0.29, 0.717) is 6.54 Å². The summed E-state index contributed by atoms with van der Waals surface area (Å²) in [7, 11) is 0. The molecule has 2 aliphatic rings. The summed E-state index contributed by atoms with van der Waals surface area (Å²) in [6, 6.07) is 8.15. The number of benzene rings is 1. The van der Waals surface area contributed by atoms with E-state index < -0.39 is 0 Å². The molecule has 2 aromatic rings. The molecular weight excluding hydrogens is 352 g/mol. The third kappa shape index (κ3) is 3.56. The minimum absolute atomic E-state index is 0.106. The Morgan fingerprint density at radius 3 is 2.82 bits per heavy atom. The van der Waals surface area contributed by atoms with E-state index in [-0.39, 0.29) is 23.8 Å². The van der Waals surface area contributed by atoms with Crippen molar-refractivity contribution in [1.29, 1.82) is 0 Å². The molecule has 3 heterocycles. The van der Waals surface area contributed by atoms with Gasteiger partial charge in [0, 0.05) is 48.8 Å². The van der Waals surface area contributed by atoms with Gasteiger partial charge in [-0.15, -0.1) is 0 Å². The molecule has 2 atom stereocenters. The number of para-hydroxylation sites is 1. The lowest BCUT2D eigenvalue weighted by molar-refractivity contribution is -0.139. The number of nitrogens with zero attached hydrogens (tertiary/aromatic N) is 2. The van der Waals surface area contributed by atoms with Crippen LogP contribution in [0.15, 0.2) is 36.5 Å². The highest BCUT2D eigenvalue weighted by Gasteiger charge is 2.32. The van der Waals surface area contributed by atoms with Crippen molar-refractivity contribution in [3.05, 3.63) is 42.1 Å². The first-order valence-corrected chi connectivity index (χ1v) is 10.1. The van der Waals surface area contributed by atoms with Gasteiger partial charge < -0.3 is 15.6 Å². The summed E-state index contributed by atoms with van der Waals surface area (Å²) < 4.78 is 0. The normalized spacial score (nSPS) is 22.1. The first kappa shape index (κ1) is 18.7. The molecule has 0 saturated carbocycles. The minimum Gasteiger partial charge on any atom is -0.369 e. The number of carbonyl (C=O) groups excluding carboxylic acids is 2. The molecule has 4 rings (SSSR count). The van der Waals surface area contributed by atoms with Crippen LogP contribution in [0, 0.1) is 5.92 Å². The zero-order valence-corrected chi connectivity index (χ0v) is 16.4. The number of piperidine rings is 1. The number of nitrogens with two attached hydrogens (primary N) is 1. The molecule has 0 spiro atoms. The predicted octanol–water partition coefficient (Wildman–Crippen LogP) is 2.37. The van der Waals surface area contributed by atoms with Gasteiger partial charge in [-0.05, 0) is 37.8 Å². The van der Waals surface area contributed by atoms with Gasteiger partial charge in [0.25, 0.3) is 0 Å². The van der Waals surface area contributed by atoms with Gasteiger partial charge in [-0.2, -0.15) is 0 Å². The largest absolute Gasteiger partial charge is 0.369 e. The Balaban J connectivity index is 1.42. The molecule has 1 saturated heterocycles. The average Bonchev–Trinajstić information content (AvgIpc) is 3.17. The summed E-state index contributed by atoms with van der Waals surface area (Å²) in [4.78, 5) is 31.8. The number of hydrogen-bond donors (Lipinski definition) is 2. The molecule has 0 aliphatic carbocycles. The Labute approximate surface area is 165 Å². The third-order valence-electron chi connectivity index (χ3n) is 6.22. The van der Waals surface area contributed by atoms with Gasteiger partial charge in [0.05, 0.1) is 12.0 Å². The van der Waals surface area contributed by atoms with Crippen LogP contribution in [0.4, 0.5) is 0 Å². The second-order valence-electron chi connectivity index (χ2n) is 7.92. The van der Waals surface area contributed by atoms with Crippen LogP contribution in [-0.2, 0) is 9.59 Å². The highest BCUT2D eigenvalue weighted by atomic mass is 16.2. The number of rotatable bonds is 4. The molecule has 1 aromatic heterocycles. The predicted molar refractivity (Wildman–Crippen MR) is 110 cm³/mol. The van der Waals surface area contributed by atoms with Crippen molar-refractivity contribution in [1.82, 2.24) is 14.8 Å². The second kappa shape index (κ2) is 7.80. The molecule has 2 aliphatic heterocycles. The fraction of sp³-hybridized carbons (Fsp3) is 0.455. The summed E-state index contributed by atoms with van der Waals surface area (Å²) in [5, 5.41) is 1.25. The maximum absolute atomic E-state index is 13.0. The van der Waals surface area contributed by atoms with Gasteiger partial charge in [-0.1, -0.05) is 24.3 Å². The number of nitrogens with one attached hydrogen (secondary N) is 1. The smallest absolute Gasteiger partial charge is 0.239 e. The van der Waals surface area contributed by atoms with Crippen LogP contribution in [0.3, 0.4) is 0 Å². The minimum atomic E-state index is -0.297. The maximum atomic E-state index is 13.0. The topological polar surface area (TPSA) is 82.4 Å². The van der Waals surface area contributed by atoms with Crippen LogP contribution in [0.25, 0.3) is 16.5 Å². The number of carbonyl (C=O) groups is 2. The molecule has 6 nitrogen and oxygen atoms in total. The van der Waals surface area contributed by atoms with Crippen LogP contribution in [0.2, 0.25) is 0 Å². The Hall–Kier alpha value is -2.60. The Morgan fingerprint density at radius 2 is 2.07 bits per heavy atom. The maximum Gasteiger partial charge on any atom is 0.239 e. The first-order chi connectivity index (χ1) is 13.5. The van der Waals surface area contributed by atoms with Gasteiger partial charge >= 0.3 is 0 Å². The lowest BCUT2D eigenvalue weighted by Gasteiger charge is -2.37. The van der Waals surface area contributed by atoms with Crippen LogP contribution in [0.5, 0.6) is 0 Å². The van der Waals surface area contributed by atoms with Crippen molar-refractivity contribution >= 4 is 28.3 Å². The molecule has 1 fully saturated rings. The first-order valence-electron chi connectivity index (χ1n) is 10.1. The average molecular weight is 380 g/mol. The SMILES string of the molecule is C[C@H](C(=O)N1CCC[C@@H](C(N)=O)C1)N1CC=C(c2c[nH]c3ccccc23)CC1. The summed E-state index contributed by atoms with van der Waals surface area (Å²) >= 11 is 0. The van der Waals surface area contributed by atoms with Crippen LogP contribution < -0.4 is 5.73 Å². The number of likely N-dealkylation sites (tertiary alicyclic amines) is 1. The molecule has 3 N–H and O–H groups in total. The van der Waals surface area contributed by atoms with Gasteiger partial charge in [-0.3, -0.25) is 14.5 Å². The molecule has 6 heteroatoms. The van der Waals surface area contributed by atoms with Gasteiger partial charge in [0.15, 0.2) is 0 Å². The highest BCUT2D eigenvalue weighted by Crippen LogP contribution is 2.30. The van der Waals surface area contributed by atoms with Crippen molar-refractivity contribution in [2.75, 3.05) is 26.2 Å².